The van der Waals surface area contributed by atoms with Gasteiger partial charge >= 0.3 is 0 Å². The smallest absolute Gasteiger partial charge is 0.272 e. The van der Waals surface area contributed by atoms with Crippen molar-refractivity contribution in [1.82, 2.24) is 9.78 Å². The topological polar surface area (TPSA) is 27.1 Å². The van der Waals surface area contributed by atoms with Crippen molar-refractivity contribution in [1.29, 1.82) is 0 Å². The van der Waals surface area contributed by atoms with Gasteiger partial charge in [0.2, 0.25) is 5.88 Å². The number of halogens is 2. The van der Waals surface area contributed by atoms with Gasteiger partial charge in [-0.1, -0.05) is 0 Å². The van der Waals surface area contributed by atoms with Crippen molar-refractivity contribution in [2.75, 3.05) is 6.61 Å². The molecule has 0 aliphatic heterocycles. The van der Waals surface area contributed by atoms with Crippen LogP contribution in [-0.4, -0.2) is 22.8 Å². The number of hydrogen-bond donors (Lipinski definition) is 0. The number of alkyl halides is 2. The van der Waals surface area contributed by atoms with E-state index in [1.807, 2.05) is 6.92 Å². The summed E-state index contributed by atoms with van der Waals surface area (Å²) >= 11 is 0. The lowest BCUT2D eigenvalue weighted by Crippen LogP contribution is -2.10. The van der Waals surface area contributed by atoms with Gasteiger partial charge in [0.1, 0.15) is 0 Å². The van der Waals surface area contributed by atoms with Gasteiger partial charge in [-0.25, -0.2) is 13.5 Å². The Morgan fingerprint density at radius 2 is 2.42 bits per heavy atom. The second-order valence-corrected chi connectivity index (χ2v) is 2.19. The van der Waals surface area contributed by atoms with Crippen molar-refractivity contribution in [2.24, 2.45) is 0 Å². The van der Waals surface area contributed by atoms with Gasteiger partial charge in [0, 0.05) is 12.6 Å². The van der Waals surface area contributed by atoms with E-state index in [1.54, 1.807) is 6.07 Å². The number of aromatic nitrogens is 2. The van der Waals surface area contributed by atoms with E-state index < -0.39 is 13.0 Å². The molecule has 0 spiro atoms. The molecule has 0 aliphatic carbocycles. The van der Waals surface area contributed by atoms with Gasteiger partial charge in [-0.3, -0.25) is 0 Å². The zero-order valence-corrected chi connectivity index (χ0v) is 6.70. The molecule has 0 fully saturated rings. The molecule has 1 aromatic rings. The van der Waals surface area contributed by atoms with E-state index >= 15 is 0 Å². The summed E-state index contributed by atoms with van der Waals surface area (Å²) in [6.45, 7) is 1.90. The molecule has 0 atom stereocenters. The normalized spacial score (nSPS) is 10.7. The average molecular weight is 176 g/mol. The van der Waals surface area contributed by atoms with Crippen molar-refractivity contribution >= 4 is 0 Å². The summed E-state index contributed by atoms with van der Waals surface area (Å²) < 4.78 is 29.7. The highest BCUT2D eigenvalue weighted by Crippen LogP contribution is 2.09. The minimum atomic E-state index is -2.44. The third-order valence-corrected chi connectivity index (χ3v) is 1.33. The summed E-state index contributed by atoms with van der Waals surface area (Å²) in [5, 5.41) is 3.86. The Hall–Kier alpha value is -1.13. The van der Waals surface area contributed by atoms with Crippen LogP contribution in [0.1, 0.15) is 6.92 Å². The van der Waals surface area contributed by atoms with E-state index in [2.05, 4.69) is 5.10 Å². The molecule has 0 unspecified atom stereocenters. The predicted octanol–water partition coefficient (Wildman–Crippen LogP) is 1.55. The lowest BCUT2D eigenvalue weighted by atomic mass is 10.6. The third kappa shape index (κ3) is 2.18. The number of ether oxygens (including phenoxy) is 1. The molecule has 0 N–H and O–H groups in total. The van der Waals surface area contributed by atoms with E-state index in [4.69, 9.17) is 4.74 Å². The standard InChI is InChI=1S/C7H10F2N2O/c1-2-11-7(3-4-10-11)12-5-6(8)9/h3-4,6H,2,5H2,1H3. The Bertz CT molecular complexity index is 237. The summed E-state index contributed by atoms with van der Waals surface area (Å²) in [5.41, 5.74) is 0. The lowest BCUT2D eigenvalue weighted by molar-refractivity contribution is 0.0769. The molecule has 0 radical (unpaired) electrons. The van der Waals surface area contributed by atoms with Crippen molar-refractivity contribution in [3.63, 3.8) is 0 Å². The van der Waals surface area contributed by atoms with Crippen LogP contribution in [0.3, 0.4) is 0 Å². The monoisotopic (exact) mass is 176 g/mol. The van der Waals surface area contributed by atoms with Crippen LogP contribution in [0.25, 0.3) is 0 Å². The zero-order chi connectivity index (χ0) is 8.97. The van der Waals surface area contributed by atoms with Gasteiger partial charge < -0.3 is 4.74 Å². The van der Waals surface area contributed by atoms with E-state index in [0.29, 0.717) is 12.4 Å². The molecule has 0 saturated heterocycles. The van der Waals surface area contributed by atoms with Crippen molar-refractivity contribution in [3.05, 3.63) is 12.3 Å². The van der Waals surface area contributed by atoms with Crippen molar-refractivity contribution in [2.45, 2.75) is 19.9 Å². The van der Waals surface area contributed by atoms with Gasteiger partial charge in [0.25, 0.3) is 6.43 Å². The molecule has 68 valence electrons. The number of aryl methyl sites for hydroxylation is 1. The third-order valence-electron chi connectivity index (χ3n) is 1.33. The van der Waals surface area contributed by atoms with Crippen molar-refractivity contribution < 1.29 is 13.5 Å². The SMILES string of the molecule is CCn1nccc1OCC(F)F. The first-order chi connectivity index (χ1) is 5.74. The maximum atomic E-state index is 11.7. The predicted molar refractivity (Wildman–Crippen MR) is 39.4 cm³/mol. The lowest BCUT2D eigenvalue weighted by Gasteiger charge is -2.05. The molecule has 3 nitrogen and oxygen atoms in total. The quantitative estimate of drug-likeness (QED) is 0.695. The Balaban J connectivity index is 2.50. The molecule has 0 aliphatic rings. The molecule has 1 heterocycles. The van der Waals surface area contributed by atoms with Crippen LogP contribution in [0.5, 0.6) is 5.88 Å². The van der Waals surface area contributed by atoms with Gasteiger partial charge in [-0.2, -0.15) is 5.10 Å². The molecular weight excluding hydrogens is 166 g/mol. The summed E-state index contributed by atoms with van der Waals surface area (Å²) in [6, 6.07) is 1.56. The molecule has 12 heavy (non-hydrogen) atoms. The molecule has 0 bridgehead atoms. The fourth-order valence-corrected chi connectivity index (χ4v) is 0.829. The Labute approximate surface area is 68.9 Å². The van der Waals surface area contributed by atoms with Gasteiger partial charge in [0.15, 0.2) is 6.61 Å². The van der Waals surface area contributed by atoms with Gasteiger partial charge in [-0.15, -0.1) is 0 Å². The maximum absolute atomic E-state index is 11.7. The number of nitrogens with zero attached hydrogens (tertiary/aromatic N) is 2. The largest absolute Gasteiger partial charge is 0.472 e. The molecule has 1 rings (SSSR count). The summed E-state index contributed by atoms with van der Waals surface area (Å²) in [4.78, 5) is 0. The number of rotatable bonds is 4. The van der Waals surface area contributed by atoms with Crippen molar-refractivity contribution in [3.8, 4) is 5.88 Å². The molecule has 1 aromatic heterocycles. The van der Waals surface area contributed by atoms with Crippen LogP contribution in [0.2, 0.25) is 0 Å². The highest BCUT2D eigenvalue weighted by molar-refractivity contribution is 5.07. The minimum Gasteiger partial charge on any atom is -0.472 e. The first kappa shape index (κ1) is 8.96. The molecular formula is C7H10F2N2O. The van der Waals surface area contributed by atoms with E-state index in [-0.39, 0.29) is 0 Å². The van der Waals surface area contributed by atoms with E-state index in [0.717, 1.165) is 0 Å². The van der Waals surface area contributed by atoms with Gasteiger partial charge in [0.05, 0.1) is 6.20 Å². The fourth-order valence-electron chi connectivity index (χ4n) is 0.829. The molecule has 5 heteroatoms. The summed E-state index contributed by atoms with van der Waals surface area (Å²) in [7, 11) is 0. The van der Waals surface area contributed by atoms with E-state index in [9.17, 15) is 8.78 Å². The Kier molecular flexibility index (Phi) is 3.01. The Morgan fingerprint density at radius 1 is 1.67 bits per heavy atom. The number of hydrogen-bond acceptors (Lipinski definition) is 2. The maximum Gasteiger partial charge on any atom is 0.272 e. The first-order valence-corrected chi connectivity index (χ1v) is 3.66. The second-order valence-electron chi connectivity index (χ2n) is 2.19. The van der Waals surface area contributed by atoms with Crippen LogP contribution in [0.15, 0.2) is 12.3 Å². The van der Waals surface area contributed by atoms with E-state index in [1.165, 1.54) is 10.9 Å². The summed E-state index contributed by atoms with van der Waals surface area (Å²) in [6.07, 6.45) is -0.921. The van der Waals surface area contributed by atoms with Crippen LogP contribution < -0.4 is 4.74 Å². The highest BCUT2D eigenvalue weighted by Gasteiger charge is 2.06. The summed E-state index contributed by atoms with van der Waals surface area (Å²) in [5.74, 6) is 0.387. The van der Waals surface area contributed by atoms with Crippen LogP contribution in [0.4, 0.5) is 8.78 Å². The molecule has 0 saturated carbocycles. The first-order valence-electron chi connectivity index (χ1n) is 3.66. The molecule has 0 amide bonds. The fraction of sp³-hybridized carbons (Fsp3) is 0.571. The second kappa shape index (κ2) is 4.04. The average Bonchev–Trinajstić information content (AvgIpc) is 2.47. The minimum absolute atomic E-state index is 0.387. The molecule has 0 aromatic carbocycles. The van der Waals surface area contributed by atoms with Crippen LogP contribution >= 0.6 is 0 Å². The van der Waals surface area contributed by atoms with Crippen LogP contribution in [-0.2, 0) is 6.54 Å². The van der Waals surface area contributed by atoms with Gasteiger partial charge in [-0.05, 0) is 6.92 Å². The highest BCUT2D eigenvalue weighted by atomic mass is 19.3. The van der Waals surface area contributed by atoms with Crippen LogP contribution in [0, 0.1) is 0 Å². The Morgan fingerprint density at radius 3 is 3.00 bits per heavy atom. The zero-order valence-electron chi connectivity index (χ0n) is 6.70.